The van der Waals surface area contributed by atoms with Crippen molar-refractivity contribution >= 4 is 23.0 Å². The van der Waals surface area contributed by atoms with Crippen molar-refractivity contribution in [1.29, 1.82) is 0 Å². The maximum Gasteiger partial charge on any atom is 0.243 e. The molecule has 0 atom stereocenters. The number of rotatable bonds is 6. The molecule has 1 aliphatic rings. The van der Waals surface area contributed by atoms with Gasteiger partial charge in [-0.3, -0.25) is 4.79 Å². The summed E-state index contributed by atoms with van der Waals surface area (Å²) in [6, 6.07) is 15.4. The van der Waals surface area contributed by atoms with Crippen LogP contribution in [0.3, 0.4) is 0 Å². The molecule has 3 rings (SSSR count). The zero-order valence-corrected chi connectivity index (χ0v) is 14.3. The predicted molar refractivity (Wildman–Crippen MR) is 99.6 cm³/mol. The molecule has 2 aromatic rings. The molecule has 1 heterocycles. The van der Waals surface area contributed by atoms with Crippen molar-refractivity contribution in [3.8, 4) is 5.75 Å². The predicted octanol–water partition coefficient (Wildman–Crippen LogP) is 2.58. The summed E-state index contributed by atoms with van der Waals surface area (Å²) < 4.78 is 10.7. The lowest BCUT2D eigenvalue weighted by molar-refractivity contribution is -0.114. The molecular formula is C19H23N3O3. The minimum atomic E-state index is -0.124. The lowest BCUT2D eigenvalue weighted by atomic mass is 10.2. The average molecular weight is 341 g/mol. The quantitative estimate of drug-likeness (QED) is 0.846. The molecule has 132 valence electrons. The lowest BCUT2D eigenvalue weighted by Gasteiger charge is -2.30. The Morgan fingerprint density at radius 1 is 1.08 bits per heavy atom. The third-order valence-electron chi connectivity index (χ3n) is 4.08. The van der Waals surface area contributed by atoms with E-state index in [9.17, 15) is 4.79 Å². The molecule has 0 unspecified atom stereocenters. The van der Waals surface area contributed by atoms with Gasteiger partial charge in [-0.2, -0.15) is 0 Å². The first-order valence-corrected chi connectivity index (χ1v) is 8.36. The van der Waals surface area contributed by atoms with Gasteiger partial charge in [-0.15, -0.1) is 0 Å². The molecule has 0 aliphatic carbocycles. The number of amides is 1. The van der Waals surface area contributed by atoms with Crippen molar-refractivity contribution in [2.45, 2.75) is 0 Å². The number of para-hydroxylation sites is 4. The average Bonchev–Trinajstić information content (AvgIpc) is 2.68. The fourth-order valence-corrected chi connectivity index (χ4v) is 2.82. The minimum absolute atomic E-state index is 0.124. The summed E-state index contributed by atoms with van der Waals surface area (Å²) in [5.74, 6) is 0.519. The first-order valence-electron chi connectivity index (χ1n) is 8.36. The number of carbonyl (C=O) groups excluding carboxylic acids is 1. The smallest absolute Gasteiger partial charge is 0.243 e. The van der Waals surface area contributed by atoms with E-state index >= 15 is 0 Å². The molecule has 1 fully saturated rings. The lowest BCUT2D eigenvalue weighted by Crippen LogP contribution is -2.36. The van der Waals surface area contributed by atoms with Crippen LogP contribution >= 0.6 is 0 Å². The van der Waals surface area contributed by atoms with Gasteiger partial charge < -0.3 is 25.0 Å². The SMILES string of the molecule is COc1ccccc1NC(=O)CNc1ccccc1N1CCOCC1. The molecule has 6 heteroatoms. The third kappa shape index (κ3) is 4.42. The van der Waals surface area contributed by atoms with Crippen molar-refractivity contribution in [1.82, 2.24) is 0 Å². The highest BCUT2D eigenvalue weighted by Crippen LogP contribution is 2.26. The molecule has 0 bridgehead atoms. The highest BCUT2D eigenvalue weighted by Gasteiger charge is 2.15. The molecular weight excluding hydrogens is 318 g/mol. The van der Waals surface area contributed by atoms with Crippen LogP contribution in [-0.2, 0) is 9.53 Å². The second kappa shape index (κ2) is 8.39. The van der Waals surface area contributed by atoms with E-state index in [0.717, 1.165) is 37.7 Å². The number of hydrogen-bond donors (Lipinski definition) is 2. The van der Waals surface area contributed by atoms with Crippen LogP contribution in [0.25, 0.3) is 0 Å². The van der Waals surface area contributed by atoms with Gasteiger partial charge in [-0.25, -0.2) is 0 Å². The van der Waals surface area contributed by atoms with E-state index in [-0.39, 0.29) is 12.5 Å². The second-order valence-electron chi connectivity index (χ2n) is 5.72. The Morgan fingerprint density at radius 2 is 1.76 bits per heavy atom. The summed E-state index contributed by atoms with van der Waals surface area (Å²) in [4.78, 5) is 14.5. The monoisotopic (exact) mass is 341 g/mol. The molecule has 0 spiro atoms. The fraction of sp³-hybridized carbons (Fsp3) is 0.316. The molecule has 0 radical (unpaired) electrons. The highest BCUT2D eigenvalue weighted by atomic mass is 16.5. The Balaban J connectivity index is 1.62. The van der Waals surface area contributed by atoms with Crippen LogP contribution in [0.5, 0.6) is 5.75 Å². The standard InChI is InChI=1S/C19H23N3O3/c1-24-18-9-5-3-7-16(18)21-19(23)14-20-15-6-2-4-8-17(15)22-10-12-25-13-11-22/h2-9,20H,10-14H2,1H3,(H,21,23). The highest BCUT2D eigenvalue weighted by molar-refractivity contribution is 5.95. The van der Waals surface area contributed by atoms with Gasteiger partial charge in [0.05, 0.1) is 43.9 Å². The van der Waals surface area contributed by atoms with Gasteiger partial charge in [0.2, 0.25) is 5.91 Å². The van der Waals surface area contributed by atoms with Gasteiger partial charge >= 0.3 is 0 Å². The Bertz CT molecular complexity index is 715. The van der Waals surface area contributed by atoms with Gasteiger partial charge in [-0.1, -0.05) is 24.3 Å². The summed E-state index contributed by atoms with van der Waals surface area (Å²) in [5.41, 5.74) is 2.70. The van der Waals surface area contributed by atoms with Gasteiger partial charge in [0.25, 0.3) is 0 Å². The number of hydrogen-bond acceptors (Lipinski definition) is 5. The van der Waals surface area contributed by atoms with Crippen molar-refractivity contribution in [2.24, 2.45) is 0 Å². The number of nitrogens with one attached hydrogen (secondary N) is 2. The number of benzene rings is 2. The Kier molecular flexibility index (Phi) is 5.74. The molecule has 25 heavy (non-hydrogen) atoms. The molecule has 2 aromatic carbocycles. The van der Waals surface area contributed by atoms with Crippen LogP contribution in [0.1, 0.15) is 0 Å². The van der Waals surface area contributed by atoms with Crippen molar-refractivity contribution in [3.63, 3.8) is 0 Å². The minimum Gasteiger partial charge on any atom is -0.495 e. The summed E-state index contributed by atoms with van der Waals surface area (Å²) in [6.07, 6.45) is 0. The van der Waals surface area contributed by atoms with Crippen LogP contribution in [0.15, 0.2) is 48.5 Å². The molecule has 0 saturated carbocycles. The van der Waals surface area contributed by atoms with Crippen LogP contribution in [0.2, 0.25) is 0 Å². The normalized spacial score (nSPS) is 14.0. The second-order valence-corrected chi connectivity index (χ2v) is 5.72. The van der Waals surface area contributed by atoms with E-state index in [0.29, 0.717) is 11.4 Å². The third-order valence-corrected chi connectivity index (χ3v) is 4.08. The van der Waals surface area contributed by atoms with E-state index in [2.05, 4.69) is 21.6 Å². The first kappa shape index (κ1) is 17.1. The number of methoxy groups -OCH3 is 1. The van der Waals surface area contributed by atoms with E-state index in [1.54, 1.807) is 7.11 Å². The van der Waals surface area contributed by atoms with E-state index in [4.69, 9.17) is 9.47 Å². The van der Waals surface area contributed by atoms with Crippen molar-refractivity contribution in [2.75, 3.05) is 55.5 Å². The number of ether oxygens (including phenoxy) is 2. The maximum atomic E-state index is 12.3. The largest absolute Gasteiger partial charge is 0.495 e. The molecule has 1 amide bonds. The van der Waals surface area contributed by atoms with Gasteiger partial charge in [0.1, 0.15) is 5.75 Å². The van der Waals surface area contributed by atoms with Crippen LogP contribution in [0, 0.1) is 0 Å². The molecule has 1 aliphatic heterocycles. The van der Waals surface area contributed by atoms with Crippen LogP contribution < -0.4 is 20.3 Å². The zero-order chi connectivity index (χ0) is 17.5. The van der Waals surface area contributed by atoms with E-state index in [1.807, 2.05) is 42.5 Å². The molecule has 2 N–H and O–H groups in total. The summed E-state index contributed by atoms with van der Waals surface area (Å²) in [5, 5.41) is 6.10. The molecule has 6 nitrogen and oxygen atoms in total. The van der Waals surface area contributed by atoms with Crippen LogP contribution in [0.4, 0.5) is 17.1 Å². The fourth-order valence-electron chi connectivity index (χ4n) is 2.82. The summed E-state index contributed by atoms with van der Waals surface area (Å²) in [6.45, 7) is 3.34. The molecule has 0 aromatic heterocycles. The number of nitrogens with zero attached hydrogens (tertiary/aromatic N) is 1. The van der Waals surface area contributed by atoms with Gasteiger partial charge in [0, 0.05) is 13.1 Å². The maximum absolute atomic E-state index is 12.3. The van der Waals surface area contributed by atoms with Crippen LogP contribution in [-0.4, -0.2) is 45.9 Å². The first-order chi connectivity index (χ1) is 12.3. The van der Waals surface area contributed by atoms with Crippen molar-refractivity contribution in [3.05, 3.63) is 48.5 Å². The Morgan fingerprint density at radius 3 is 2.52 bits per heavy atom. The Hall–Kier alpha value is -2.73. The zero-order valence-electron chi connectivity index (χ0n) is 14.3. The molecule has 1 saturated heterocycles. The number of morpholine rings is 1. The Labute approximate surface area is 147 Å². The van der Waals surface area contributed by atoms with Gasteiger partial charge in [-0.05, 0) is 24.3 Å². The van der Waals surface area contributed by atoms with E-state index in [1.165, 1.54) is 0 Å². The summed E-state index contributed by atoms with van der Waals surface area (Å²) in [7, 11) is 1.59. The van der Waals surface area contributed by atoms with Crippen molar-refractivity contribution < 1.29 is 14.3 Å². The number of carbonyl (C=O) groups is 1. The van der Waals surface area contributed by atoms with Gasteiger partial charge in [0.15, 0.2) is 0 Å². The summed E-state index contributed by atoms with van der Waals surface area (Å²) >= 11 is 0. The number of anilines is 3. The van der Waals surface area contributed by atoms with E-state index < -0.39 is 0 Å². The topological polar surface area (TPSA) is 62.8 Å².